The average Bonchev–Trinajstić information content (AvgIpc) is 3.71. The van der Waals surface area contributed by atoms with Gasteiger partial charge in [-0.05, 0) is 65.8 Å². The smallest absolute Gasteiger partial charge is 0.303 e. The summed E-state index contributed by atoms with van der Waals surface area (Å²) in [7, 11) is 0.167. The molecule has 1 aliphatic rings. The molecule has 0 heterocycles. The Hall–Kier alpha value is -3.19. The molecule has 2 atom stereocenters. The normalized spacial score (nSPS) is 14.8. The number of methoxy groups -OCH3 is 1. The van der Waals surface area contributed by atoms with Gasteiger partial charge in [-0.3, -0.25) is 9.00 Å². The molecule has 0 bridgehead atoms. The summed E-state index contributed by atoms with van der Waals surface area (Å²) in [5.41, 5.74) is 2.67. The van der Waals surface area contributed by atoms with E-state index in [2.05, 4.69) is 0 Å². The van der Waals surface area contributed by atoms with Crippen LogP contribution >= 0.6 is 0 Å². The van der Waals surface area contributed by atoms with Gasteiger partial charge in [0.05, 0.1) is 24.3 Å². The van der Waals surface area contributed by atoms with Gasteiger partial charge in [0, 0.05) is 21.3 Å². The maximum atomic E-state index is 14.8. The van der Waals surface area contributed by atoms with Crippen molar-refractivity contribution in [1.82, 2.24) is 0 Å². The van der Waals surface area contributed by atoms with Crippen LogP contribution < -0.4 is 9.47 Å². The van der Waals surface area contributed by atoms with Crippen molar-refractivity contribution in [1.29, 1.82) is 0 Å². The fourth-order valence-corrected chi connectivity index (χ4v) is 5.64. The highest BCUT2D eigenvalue weighted by molar-refractivity contribution is 7.85. The van der Waals surface area contributed by atoms with Crippen LogP contribution in [0.2, 0.25) is 0 Å². The van der Waals surface area contributed by atoms with Gasteiger partial charge in [0.15, 0.2) is 0 Å². The van der Waals surface area contributed by atoms with Crippen LogP contribution in [0.1, 0.15) is 56.6 Å². The predicted molar refractivity (Wildman–Crippen MR) is 143 cm³/mol. The molecule has 7 heteroatoms. The standard InChI is InChI=1S/C30H33FO5S/c1-19(2)37(34)29-14-21(9-11-26(29)27-17-24(35-3)10-12-28(27)31)18-36-25-6-4-5-22(15-25)23(16-30(32)33)13-20-7-8-20/h4-6,9-12,14-15,17,19-20,23H,7-8,13,16,18H2,1-3H3,(H,32,33)/t23?,37-/m1/s1. The van der Waals surface area contributed by atoms with Crippen LogP contribution in [0, 0.1) is 11.7 Å². The first-order valence-electron chi connectivity index (χ1n) is 12.6. The van der Waals surface area contributed by atoms with Gasteiger partial charge < -0.3 is 14.6 Å². The Morgan fingerprint density at radius 3 is 2.51 bits per heavy atom. The van der Waals surface area contributed by atoms with Gasteiger partial charge in [0.2, 0.25) is 0 Å². The maximum absolute atomic E-state index is 14.8. The summed E-state index contributed by atoms with van der Waals surface area (Å²) in [5.74, 6) is 0.541. The molecule has 0 aliphatic heterocycles. The summed E-state index contributed by atoms with van der Waals surface area (Å²) in [5, 5.41) is 9.22. The van der Waals surface area contributed by atoms with Crippen LogP contribution in [0.15, 0.2) is 65.6 Å². The number of benzene rings is 3. The van der Waals surface area contributed by atoms with Gasteiger partial charge in [0.1, 0.15) is 23.9 Å². The molecule has 1 aliphatic carbocycles. The van der Waals surface area contributed by atoms with E-state index in [-0.39, 0.29) is 24.2 Å². The number of ether oxygens (including phenoxy) is 2. The Balaban J connectivity index is 1.58. The fourth-order valence-electron chi connectivity index (χ4n) is 4.47. The number of hydrogen-bond acceptors (Lipinski definition) is 4. The van der Waals surface area contributed by atoms with E-state index >= 15 is 0 Å². The van der Waals surface area contributed by atoms with E-state index in [1.807, 2.05) is 50.2 Å². The summed E-state index contributed by atoms with van der Waals surface area (Å²) in [6, 6.07) is 17.6. The van der Waals surface area contributed by atoms with Crippen molar-refractivity contribution in [2.45, 2.75) is 62.2 Å². The van der Waals surface area contributed by atoms with Crippen molar-refractivity contribution in [3.63, 3.8) is 0 Å². The first-order chi connectivity index (χ1) is 17.7. The summed E-state index contributed by atoms with van der Waals surface area (Å²) >= 11 is 0. The molecule has 5 nitrogen and oxygen atoms in total. The molecule has 37 heavy (non-hydrogen) atoms. The van der Waals surface area contributed by atoms with Crippen LogP contribution in [0.3, 0.4) is 0 Å². The monoisotopic (exact) mass is 524 g/mol. The highest BCUT2D eigenvalue weighted by Crippen LogP contribution is 2.40. The molecule has 3 aromatic carbocycles. The third-order valence-electron chi connectivity index (χ3n) is 6.63. The van der Waals surface area contributed by atoms with E-state index in [0.717, 1.165) is 17.5 Å². The lowest BCUT2D eigenvalue weighted by Crippen LogP contribution is -2.09. The Morgan fingerprint density at radius 1 is 1.05 bits per heavy atom. The van der Waals surface area contributed by atoms with Gasteiger partial charge in [0.25, 0.3) is 0 Å². The molecule has 1 N–H and O–H groups in total. The molecule has 1 unspecified atom stereocenters. The van der Waals surface area contributed by atoms with Crippen LogP contribution in [0.4, 0.5) is 4.39 Å². The second-order valence-electron chi connectivity index (χ2n) is 9.86. The van der Waals surface area contributed by atoms with Crippen LogP contribution in [-0.2, 0) is 22.2 Å². The maximum Gasteiger partial charge on any atom is 0.303 e. The summed E-state index contributed by atoms with van der Waals surface area (Å²) < 4.78 is 39.3. The lowest BCUT2D eigenvalue weighted by molar-refractivity contribution is -0.137. The lowest BCUT2D eigenvalue weighted by Gasteiger charge is -2.17. The molecule has 0 aromatic heterocycles. The third-order valence-corrected chi connectivity index (χ3v) is 8.25. The number of carboxylic acid groups (broad SMARTS) is 1. The highest BCUT2D eigenvalue weighted by Gasteiger charge is 2.28. The lowest BCUT2D eigenvalue weighted by atomic mass is 9.90. The molecular formula is C30H33FO5S. The minimum absolute atomic E-state index is 0.0364. The van der Waals surface area contributed by atoms with Gasteiger partial charge in [-0.2, -0.15) is 0 Å². The number of halogens is 1. The summed E-state index contributed by atoms with van der Waals surface area (Å²) in [4.78, 5) is 12.0. The van der Waals surface area contributed by atoms with Crippen LogP contribution in [-0.4, -0.2) is 27.6 Å². The molecule has 196 valence electrons. The highest BCUT2D eigenvalue weighted by atomic mass is 32.2. The first-order valence-corrected chi connectivity index (χ1v) is 13.8. The van der Waals surface area contributed by atoms with E-state index in [1.165, 1.54) is 26.0 Å². The zero-order chi connectivity index (χ0) is 26.5. The van der Waals surface area contributed by atoms with Gasteiger partial charge >= 0.3 is 5.97 Å². The fraction of sp³-hybridized carbons (Fsp3) is 0.367. The number of aliphatic carboxylic acids is 1. The van der Waals surface area contributed by atoms with Crippen LogP contribution in [0.5, 0.6) is 11.5 Å². The van der Waals surface area contributed by atoms with E-state index in [0.29, 0.717) is 33.4 Å². The van der Waals surface area contributed by atoms with Crippen molar-refractivity contribution >= 4 is 16.8 Å². The summed E-state index contributed by atoms with van der Waals surface area (Å²) in [6.07, 6.45) is 3.32. The van der Waals surface area contributed by atoms with E-state index in [1.54, 1.807) is 18.2 Å². The molecule has 0 amide bonds. The minimum atomic E-state index is -1.36. The second-order valence-corrected chi connectivity index (χ2v) is 11.8. The minimum Gasteiger partial charge on any atom is -0.497 e. The zero-order valence-corrected chi connectivity index (χ0v) is 22.2. The van der Waals surface area contributed by atoms with Gasteiger partial charge in [-0.25, -0.2) is 4.39 Å². The number of rotatable bonds is 12. The molecule has 1 saturated carbocycles. The Bertz CT molecular complexity index is 1280. The molecule has 1 fully saturated rings. The SMILES string of the molecule is COc1ccc(F)c(-c2ccc(COc3cccc(C(CC(=O)O)CC4CC4)c3)cc2[S@](=O)C(C)C)c1. The van der Waals surface area contributed by atoms with E-state index < -0.39 is 22.6 Å². The Morgan fingerprint density at radius 2 is 1.84 bits per heavy atom. The van der Waals surface area contributed by atoms with Gasteiger partial charge in [-0.1, -0.05) is 51.0 Å². The largest absolute Gasteiger partial charge is 0.497 e. The van der Waals surface area contributed by atoms with Crippen molar-refractivity contribution in [2.24, 2.45) is 5.92 Å². The topological polar surface area (TPSA) is 72.8 Å². The zero-order valence-electron chi connectivity index (χ0n) is 21.4. The quantitative estimate of drug-likeness (QED) is 0.277. The van der Waals surface area contributed by atoms with Crippen molar-refractivity contribution in [3.05, 3.63) is 77.6 Å². The molecule has 0 spiro atoms. The molecule has 3 aromatic rings. The number of carboxylic acids is 1. The van der Waals surface area contributed by atoms with E-state index in [4.69, 9.17) is 9.47 Å². The first kappa shape index (κ1) is 26.9. The average molecular weight is 525 g/mol. The summed E-state index contributed by atoms with van der Waals surface area (Å²) in [6.45, 7) is 3.97. The van der Waals surface area contributed by atoms with E-state index in [9.17, 15) is 18.5 Å². The van der Waals surface area contributed by atoms with Crippen molar-refractivity contribution < 1.29 is 28.0 Å². The van der Waals surface area contributed by atoms with Crippen LogP contribution in [0.25, 0.3) is 11.1 Å². The molecule has 4 rings (SSSR count). The second kappa shape index (κ2) is 11.9. The Labute approximate surface area is 220 Å². The number of carbonyl (C=O) groups is 1. The van der Waals surface area contributed by atoms with Crippen molar-refractivity contribution in [3.8, 4) is 22.6 Å². The molecular weight excluding hydrogens is 491 g/mol. The van der Waals surface area contributed by atoms with Crippen molar-refractivity contribution in [2.75, 3.05) is 7.11 Å². The molecule has 0 saturated heterocycles. The molecule has 0 radical (unpaired) electrons. The Kier molecular flexibility index (Phi) is 8.64. The number of hydrogen-bond donors (Lipinski definition) is 1. The third kappa shape index (κ3) is 6.98. The predicted octanol–water partition coefficient (Wildman–Crippen LogP) is 6.95. The van der Waals surface area contributed by atoms with Gasteiger partial charge in [-0.15, -0.1) is 0 Å².